The summed E-state index contributed by atoms with van der Waals surface area (Å²) in [6.07, 6.45) is 3.68. The van der Waals surface area contributed by atoms with Crippen molar-refractivity contribution in [2.24, 2.45) is 0 Å². The van der Waals surface area contributed by atoms with E-state index >= 15 is 0 Å². The largest absolute Gasteiger partial charge is 0.385 e. The van der Waals surface area contributed by atoms with Crippen LogP contribution in [-0.4, -0.2) is 50.3 Å². The highest BCUT2D eigenvalue weighted by atomic mass is 16.5. The van der Waals surface area contributed by atoms with Crippen LogP contribution in [0.1, 0.15) is 33.1 Å². The molecule has 0 saturated carbocycles. The summed E-state index contributed by atoms with van der Waals surface area (Å²) >= 11 is 0. The molecule has 1 heterocycles. The summed E-state index contributed by atoms with van der Waals surface area (Å²) in [7, 11) is 1.78. The van der Waals surface area contributed by atoms with E-state index in [1.807, 2.05) is 0 Å². The smallest absolute Gasteiger partial charge is 0.0474 e. The zero-order chi connectivity index (χ0) is 11.1. The van der Waals surface area contributed by atoms with Gasteiger partial charge in [-0.3, -0.25) is 0 Å². The fraction of sp³-hybridized carbons (Fsp3) is 1.00. The van der Waals surface area contributed by atoms with Crippen molar-refractivity contribution in [1.29, 1.82) is 0 Å². The Bertz CT molecular complexity index is 152. The van der Waals surface area contributed by atoms with Crippen molar-refractivity contribution in [2.45, 2.75) is 45.2 Å². The Morgan fingerprint density at radius 3 is 2.33 bits per heavy atom. The second-order valence-corrected chi connectivity index (χ2v) is 4.73. The van der Waals surface area contributed by atoms with E-state index in [1.54, 1.807) is 7.11 Å². The molecule has 0 aromatic carbocycles. The molecule has 0 radical (unpaired) electrons. The molecule has 0 spiro atoms. The van der Waals surface area contributed by atoms with E-state index in [-0.39, 0.29) is 0 Å². The van der Waals surface area contributed by atoms with Gasteiger partial charge in [-0.1, -0.05) is 0 Å². The summed E-state index contributed by atoms with van der Waals surface area (Å²) in [4.78, 5) is 2.58. The predicted molar refractivity (Wildman–Crippen MR) is 64.2 cm³/mol. The summed E-state index contributed by atoms with van der Waals surface area (Å²) in [5, 5.41) is 3.62. The second kappa shape index (κ2) is 7.20. The van der Waals surface area contributed by atoms with Crippen molar-refractivity contribution >= 4 is 0 Å². The van der Waals surface area contributed by atoms with E-state index in [1.165, 1.54) is 32.5 Å². The lowest BCUT2D eigenvalue weighted by Crippen LogP contribution is -2.43. The lowest BCUT2D eigenvalue weighted by atomic mass is 10.1. The number of hydrogen-bond donors (Lipinski definition) is 1. The number of nitrogens with one attached hydrogen (secondary N) is 1. The molecule has 90 valence electrons. The number of hydrogen-bond acceptors (Lipinski definition) is 3. The number of ether oxygens (including phenoxy) is 1. The van der Waals surface area contributed by atoms with Crippen LogP contribution in [0.2, 0.25) is 0 Å². The Hall–Kier alpha value is -0.120. The van der Waals surface area contributed by atoms with Crippen molar-refractivity contribution in [3.8, 4) is 0 Å². The molecule has 15 heavy (non-hydrogen) atoms. The van der Waals surface area contributed by atoms with Crippen LogP contribution in [-0.2, 0) is 4.74 Å². The van der Waals surface area contributed by atoms with Gasteiger partial charge in [0.25, 0.3) is 0 Å². The van der Waals surface area contributed by atoms with Crippen LogP contribution in [0.4, 0.5) is 0 Å². The molecule has 0 amide bonds. The maximum atomic E-state index is 5.09. The molecule has 1 rings (SSSR count). The fourth-order valence-electron chi connectivity index (χ4n) is 2.17. The van der Waals surface area contributed by atoms with Gasteiger partial charge in [0, 0.05) is 32.3 Å². The van der Waals surface area contributed by atoms with Crippen LogP contribution in [0, 0.1) is 0 Å². The lowest BCUT2D eigenvalue weighted by Gasteiger charge is -2.30. The third-order valence-corrected chi connectivity index (χ3v) is 3.15. The minimum atomic E-state index is 0.658. The first-order valence-corrected chi connectivity index (χ1v) is 6.19. The van der Waals surface area contributed by atoms with Crippen molar-refractivity contribution < 1.29 is 4.74 Å². The molecular formula is C12H26N2O. The number of methoxy groups -OCH3 is 1. The highest BCUT2D eigenvalue weighted by Gasteiger charge is 2.15. The first-order valence-electron chi connectivity index (χ1n) is 6.19. The van der Waals surface area contributed by atoms with Crippen molar-refractivity contribution in [1.82, 2.24) is 10.2 Å². The monoisotopic (exact) mass is 214 g/mol. The first kappa shape index (κ1) is 12.9. The quantitative estimate of drug-likeness (QED) is 0.718. The minimum Gasteiger partial charge on any atom is -0.385 e. The number of nitrogens with zero attached hydrogens (tertiary/aromatic N) is 1. The summed E-state index contributed by atoms with van der Waals surface area (Å²) in [5.74, 6) is 0. The van der Waals surface area contributed by atoms with Gasteiger partial charge in [0.1, 0.15) is 0 Å². The van der Waals surface area contributed by atoms with Gasteiger partial charge in [0.2, 0.25) is 0 Å². The first-order chi connectivity index (χ1) is 7.22. The van der Waals surface area contributed by atoms with Crippen LogP contribution >= 0.6 is 0 Å². The fourth-order valence-corrected chi connectivity index (χ4v) is 2.17. The van der Waals surface area contributed by atoms with E-state index in [4.69, 9.17) is 4.74 Å². The summed E-state index contributed by atoms with van der Waals surface area (Å²) in [6, 6.07) is 1.32. The molecule has 0 aromatic rings. The molecule has 2 atom stereocenters. The molecular weight excluding hydrogens is 188 g/mol. The third-order valence-electron chi connectivity index (χ3n) is 3.15. The normalized spacial score (nSPS) is 29.8. The van der Waals surface area contributed by atoms with Gasteiger partial charge in [-0.25, -0.2) is 0 Å². The van der Waals surface area contributed by atoms with E-state index in [0.29, 0.717) is 12.1 Å². The van der Waals surface area contributed by atoms with Crippen LogP contribution in [0.15, 0.2) is 0 Å². The third kappa shape index (κ3) is 5.50. The molecule has 3 nitrogen and oxygen atoms in total. The highest BCUT2D eigenvalue weighted by Crippen LogP contribution is 2.06. The summed E-state index contributed by atoms with van der Waals surface area (Å²) in [5.41, 5.74) is 0. The van der Waals surface area contributed by atoms with Crippen molar-refractivity contribution in [2.75, 3.05) is 33.4 Å². The van der Waals surface area contributed by atoms with Gasteiger partial charge >= 0.3 is 0 Å². The SMILES string of the molecule is COCCCN1CCC(C)NC(C)CC1. The summed E-state index contributed by atoms with van der Waals surface area (Å²) < 4.78 is 5.09. The lowest BCUT2D eigenvalue weighted by molar-refractivity contribution is 0.161. The number of rotatable bonds is 4. The molecule has 3 heteroatoms. The van der Waals surface area contributed by atoms with Crippen LogP contribution in [0.25, 0.3) is 0 Å². The highest BCUT2D eigenvalue weighted by molar-refractivity contribution is 4.74. The molecule has 1 saturated heterocycles. The van der Waals surface area contributed by atoms with E-state index in [9.17, 15) is 0 Å². The average Bonchev–Trinajstić information content (AvgIpc) is 2.19. The van der Waals surface area contributed by atoms with Gasteiger partial charge in [-0.15, -0.1) is 0 Å². The van der Waals surface area contributed by atoms with E-state index in [0.717, 1.165) is 13.0 Å². The Morgan fingerprint density at radius 1 is 1.20 bits per heavy atom. The maximum Gasteiger partial charge on any atom is 0.0474 e. The Balaban J connectivity index is 2.24. The van der Waals surface area contributed by atoms with Gasteiger partial charge < -0.3 is 15.0 Å². The van der Waals surface area contributed by atoms with Gasteiger partial charge in [0.15, 0.2) is 0 Å². The zero-order valence-corrected chi connectivity index (χ0v) is 10.5. The molecule has 0 aromatic heterocycles. The minimum absolute atomic E-state index is 0.658. The van der Waals surface area contributed by atoms with Gasteiger partial charge in [-0.2, -0.15) is 0 Å². The van der Waals surface area contributed by atoms with Crippen LogP contribution in [0.5, 0.6) is 0 Å². The molecule has 2 unspecified atom stereocenters. The standard InChI is InChI=1S/C12H26N2O/c1-11-5-8-14(7-4-10-15-3)9-6-12(2)13-11/h11-13H,4-10H2,1-3H3. The molecule has 1 N–H and O–H groups in total. The Kier molecular flexibility index (Phi) is 6.22. The van der Waals surface area contributed by atoms with Gasteiger partial charge in [0.05, 0.1) is 0 Å². The molecule has 1 fully saturated rings. The van der Waals surface area contributed by atoms with E-state index < -0.39 is 0 Å². The van der Waals surface area contributed by atoms with Crippen molar-refractivity contribution in [3.63, 3.8) is 0 Å². The predicted octanol–water partition coefficient (Wildman–Crippen LogP) is 1.49. The second-order valence-electron chi connectivity index (χ2n) is 4.73. The topological polar surface area (TPSA) is 24.5 Å². The zero-order valence-electron chi connectivity index (χ0n) is 10.5. The summed E-state index contributed by atoms with van der Waals surface area (Å²) in [6.45, 7) is 9.10. The average molecular weight is 214 g/mol. The van der Waals surface area contributed by atoms with E-state index in [2.05, 4.69) is 24.1 Å². The van der Waals surface area contributed by atoms with Crippen molar-refractivity contribution in [3.05, 3.63) is 0 Å². The van der Waals surface area contributed by atoms with Gasteiger partial charge in [-0.05, 0) is 46.2 Å². The van der Waals surface area contributed by atoms with Crippen LogP contribution < -0.4 is 5.32 Å². The maximum absolute atomic E-state index is 5.09. The van der Waals surface area contributed by atoms with Crippen LogP contribution in [0.3, 0.4) is 0 Å². The molecule has 0 bridgehead atoms. The Labute approximate surface area is 94.2 Å². The molecule has 1 aliphatic heterocycles. The Morgan fingerprint density at radius 2 is 1.80 bits per heavy atom. The molecule has 0 aliphatic carbocycles. The molecule has 1 aliphatic rings.